The fraction of sp³-hybridized carbons (Fsp3) is 0.250. The molecule has 5 rings (SSSR count). The number of carbonyl (C=O) groups excluding carboxylic acids is 2. The van der Waals surface area contributed by atoms with E-state index in [1.807, 2.05) is 42.5 Å². The van der Waals surface area contributed by atoms with Crippen molar-refractivity contribution in [2.24, 2.45) is 0 Å². The number of carbonyl (C=O) groups is 2. The van der Waals surface area contributed by atoms with Crippen LogP contribution in [-0.2, 0) is 6.54 Å². The van der Waals surface area contributed by atoms with Crippen LogP contribution in [0, 0.1) is 0 Å². The van der Waals surface area contributed by atoms with Gasteiger partial charge in [0.15, 0.2) is 5.78 Å². The summed E-state index contributed by atoms with van der Waals surface area (Å²) in [5.74, 6) is 0.714. The third-order valence-electron chi connectivity index (χ3n) is 5.91. The van der Waals surface area contributed by atoms with Gasteiger partial charge in [0.05, 0.1) is 18.5 Å². The fourth-order valence-electron chi connectivity index (χ4n) is 4.42. The molecule has 0 bridgehead atoms. The van der Waals surface area contributed by atoms with E-state index in [0.717, 1.165) is 16.3 Å². The predicted octanol–water partition coefficient (Wildman–Crippen LogP) is 4.16. The van der Waals surface area contributed by atoms with Crippen molar-refractivity contribution in [3.63, 3.8) is 0 Å². The van der Waals surface area contributed by atoms with E-state index in [0.29, 0.717) is 43.8 Å². The molecule has 1 spiro atoms. The Bertz CT molecular complexity index is 1100. The van der Waals surface area contributed by atoms with Crippen LogP contribution in [0.15, 0.2) is 66.7 Å². The largest absolute Gasteiger partial charge is 0.484 e. The maximum atomic E-state index is 12.8. The minimum Gasteiger partial charge on any atom is -0.484 e. The Morgan fingerprint density at radius 1 is 1.03 bits per heavy atom. The molecule has 2 aliphatic heterocycles. The number of likely N-dealkylation sites (tertiary alicyclic amines) is 1. The molecule has 5 heteroatoms. The SMILES string of the molecule is O=C1CC2(CCN(C(=O)NCc3cccc4ccccc34)C2)Oc2ccccc21. The van der Waals surface area contributed by atoms with Gasteiger partial charge in [-0.2, -0.15) is 0 Å². The number of nitrogens with zero attached hydrogens (tertiary/aromatic N) is 1. The first-order valence-corrected chi connectivity index (χ1v) is 9.94. The highest BCUT2D eigenvalue weighted by Crippen LogP contribution is 2.38. The average Bonchev–Trinajstić information content (AvgIpc) is 3.15. The van der Waals surface area contributed by atoms with E-state index in [4.69, 9.17) is 4.74 Å². The first-order chi connectivity index (χ1) is 14.1. The molecule has 1 unspecified atom stereocenters. The zero-order valence-electron chi connectivity index (χ0n) is 16.1. The predicted molar refractivity (Wildman–Crippen MR) is 111 cm³/mol. The second kappa shape index (κ2) is 6.92. The van der Waals surface area contributed by atoms with Crippen LogP contribution in [0.5, 0.6) is 5.75 Å². The van der Waals surface area contributed by atoms with Gasteiger partial charge in [0.2, 0.25) is 0 Å². The second-order valence-electron chi connectivity index (χ2n) is 7.85. The first kappa shape index (κ1) is 17.7. The normalized spacial score (nSPS) is 20.6. The molecule has 1 N–H and O–H groups in total. The van der Waals surface area contributed by atoms with Gasteiger partial charge in [0, 0.05) is 19.5 Å². The van der Waals surface area contributed by atoms with E-state index in [1.54, 1.807) is 11.0 Å². The lowest BCUT2D eigenvalue weighted by molar-refractivity contribution is 0.0478. The molecule has 3 aromatic rings. The molecule has 1 fully saturated rings. The minimum absolute atomic E-state index is 0.0878. The van der Waals surface area contributed by atoms with Gasteiger partial charge in [-0.1, -0.05) is 54.6 Å². The van der Waals surface area contributed by atoms with Gasteiger partial charge in [-0.15, -0.1) is 0 Å². The molecule has 2 aliphatic rings. The van der Waals surface area contributed by atoms with Gasteiger partial charge in [0.1, 0.15) is 11.4 Å². The Morgan fingerprint density at radius 2 is 1.83 bits per heavy atom. The van der Waals surface area contributed by atoms with Crippen molar-refractivity contribution in [1.82, 2.24) is 10.2 Å². The third-order valence-corrected chi connectivity index (χ3v) is 5.91. The molecule has 3 aromatic carbocycles. The van der Waals surface area contributed by atoms with Crippen molar-refractivity contribution >= 4 is 22.6 Å². The lowest BCUT2D eigenvalue weighted by Gasteiger charge is -2.34. The van der Waals surface area contributed by atoms with Gasteiger partial charge in [-0.3, -0.25) is 4.79 Å². The van der Waals surface area contributed by atoms with Crippen molar-refractivity contribution in [3.05, 3.63) is 77.9 Å². The van der Waals surface area contributed by atoms with Crippen LogP contribution < -0.4 is 10.1 Å². The van der Waals surface area contributed by atoms with Gasteiger partial charge < -0.3 is 15.0 Å². The lowest BCUT2D eigenvalue weighted by Crippen LogP contribution is -2.47. The molecule has 0 saturated carbocycles. The number of para-hydroxylation sites is 1. The Kier molecular flexibility index (Phi) is 4.23. The summed E-state index contributed by atoms with van der Waals surface area (Å²) in [6, 6.07) is 21.5. The Balaban J connectivity index is 1.27. The van der Waals surface area contributed by atoms with E-state index >= 15 is 0 Å². The second-order valence-corrected chi connectivity index (χ2v) is 7.85. The van der Waals surface area contributed by atoms with Crippen molar-refractivity contribution < 1.29 is 14.3 Å². The average molecular weight is 386 g/mol. The lowest BCUT2D eigenvalue weighted by atomic mass is 9.89. The molecule has 5 nitrogen and oxygen atoms in total. The Labute approximate surface area is 169 Å². The van der Waals surface area contributed by atoms with E-state index in [1.165, 1.54) is 0 Å². The van der Waals surface area contributed by atoms with Gasteiger partial charge in [0.25, 0.3) is 0 Å². The van der Waals surface area contributed by atoms with E-state index in [2.05, 4.69) is 23.5 Å². The molecule has 1 saturated heterocycles. The minimum atomic E-state index is -0.609. The standard InChI is InChI=1S/C24H22N2O3/c27-21-14-24(29-22-11-4-3-10-20(21)22)12-13-26(16-24)23(28)25-15-18-8-5-7-17-6-1-2-9-19(17)18/h1-11H,12-16H2,(H,25,28). The number of hydrogen-bond donors (Lipinski definition) is 1. The quantitative estimate of drug-likeness (QED) is 0.719. The number of hydrogen-bond acceptors (Lipinski definition) is 3. The van der Waals surface area contributed by atoms with Crippen LogP contribution in [0.25, 0.3) is 10.8 Å². The molecule has 0 aliphatic carbocycles. The Hall–Kier alpha value is -3.34. The molecule has 29 heavy (non-hydrogen) atoms. The number of nitrogens with one attached hydrogen (secondary N) is 1. The highest BCUT2D eigenvalue weighted by atomic mass is 16.5. The molecule has 0 aromatic heterocycles. The molecule has 2 heterocycles. The fourth-order valence-corrected chi connectivity index (χ4v) is 4.42. The van der Waals surface area contributed by atoms with Crippen LogP contribution in [0.1, 0.15) is 28.8 Å². The summed E-state index contributed by atoms with van der Waals surface area (Å²) in [7, 11) is 0. The number of urea groups is 1. The van der Waals surface area contributed by atoms with Crippen LogP contribution in [-0.4, -0.2) is 35.4 Å². The first-order valence-electron chi connectivity index (χ1n) is 9.94. The Morgan fingerprint density at radius 3 is 2.76 bits per heavy atom. The smallest absolute Gasteiger partial charge is 0.317 e. The molecule has 1 atom stereocenters. The van der Waals surface area contributed by atoms with Crippen LogP contribution in [0.4, 0.5) is 4.79 Å². The summed E-state index contributed by atoms with van der Waals surface area (Å²) in [6.45, 7) is 1.47. The summed E-state index contributed by atoms with van der Waals surface area (Å²) < 4.78 is 6.21. The third kappa shape index (κ3) is 3.23. The topological polar surface area (TPSA) is 58.6 Å². The number of ketones is 1. The number of ether oxygens (including phenoxy) is 1. The van der Waals surface area contributed by atoms with E-state index in [9.17, 15) is 9.59 Å². The summed E-state index contributed by atoms with van der Waals surface area (Å²) in [6.07, 6.45) is 0.978. The van der Waals surface area contributed by atoms with Crippen molar-refractivity contribution in [2.75, 3.05) is 13.1 Å². The number of benzene rings is 3. The highest BCUT2D eigenvalue weighted by Gasteiger charge is 2.46. The van der Waals surface area contributed by atoms with Crippen LogP contribution in [0.3, 0.4) is 0 Å². The summed E-state index contributed by atoms with van der Waals surface area (Å²) >= 11 is 0. The summed E-state index contributed by atoms with van der Waals surface area (Å²) in [5, 5.41) is 5.34. The zero-order chi connectivity index (χ0) is 19.8. The summed E-state index contributed by atoms with van der Waals surface area (Å²) in [4.78, 5) is 27.1. The van der Waals surface area contributed by atoms with E-state index < -0.39 is 5.60 Å². The highest BCUT2D eigenvalue weighted by molar-refractivity contribution is 6.00. The van der Waals surface area contributed by atoms with Crippen LogP contribution in [0.2, 0.25) is 0 Å². The monoisotopic (exact) mass is 386 g/mol. The molecule has 146 valence electrons. The molecular formula is C24H22N2O3. The van der Waals surface area contributed by atoms with E-state index in [-0.39, 0.29) is 11.8 Å². The van der Waals surface area contributed by atoms with Crippen molar-refractivity contribution in [3.8, 4) is 5.75 Å². The number of fused-ring (bicyclic) bond motifs is 2. The van der Waals surface area contributed by atoms with Crippen LogP contribution >= 0.6 is 0 Å². The maximum absolute atomic E-state index is 12.8. The molecule has 0 radical (unpaired) electrons. The van der Waals surface area contributed by atoms with Gasteiger partial charge in [-0.25, -0.2) is 4.79 Å². The summed E-state index contributed by atoms with van der Waals surface area (Å²) in [5.41, 5.74) is 1.11. The van der Waals surface area contributed by atoms with Gasteiger partial charge in [-0.05, 0) is 28.5 Å². The number of Topliss-reactive ketones (excluding diaryl/α,β-unsaturated/α-hetero) is 1. The van der Waals surface area contributed by atoms with Gasteiger partial charge >= 0.3 is 6.03 Å². The number of amides is 2. The molecule has 2 amide bonds. The zero-order valence-corrected chi connectivity index (χ0v) is 16.1. The van der Waals surface area contributed by atoms with Crippen molar-refractivity contribution in [1.29, 1.82) is 0 Å². The number of rotatable bonds is 2. The molecular weight excluding hydrogens is 364 g/mol. The maximum Gasteiger partial charge on any atom is 0.317 e. The van der Waals surface area contributed by atoms with Crippen molar-refractivity contribution in [2.45, 2.75) is 25.0 Å².